The van der Waals surface area contributed by atoms with Crippen molar-refractivity contribution in [3.05, 3.63) is 34.4 Å². The summed E-state index contributed by atoms with van der Waals surface area (Å²) in [5.41, 5.74) is 5.55. The highest BCUT2D eigenvalue weighted by atomic mass is 16.5. The smallest absolute Gasteiger partial charge is 0.136 e. The van der Waals surface area contributed by atoms with Crippen molar-refractivity contribution < 1.29 is 9.53 Å². The number of ether oxygens (including phenoxy) is 1. The summed E-state index contributed by atoms with van der Waals surface area (Å²) in [6.07, 6.45) is 10.4. The summed E-state index contributed by atoms with van der Waals surface area (Å²) in [6.45, 7) is 9.35. The summed E-state index contributed by atoms with van der Waals surface area (Å²) in [5.74, 6) is 0.579. The second-order valence-corrected chi connectivity index (χ2v) is 7.05. The van der Waals surface area contributed by atoms with E-state index in [9.17, 15) is 4.79 Å². The molecule has 0 saturated carbocycles. The average molecular weight is 302 g/mol. The minimum atomic E-state index is 0.128. The van der Waals surface area contributed by atoms with Gasteiger partial charge in [-0.1, -0.05) is 30.2 Å². The van der Waals surface area contributed by atoms with Gasteiger partial charge in [0.05, 0.1) is 12.7 Å². The zero-order chi connectivity index (χ0) is 16.1. The minimum absolute atomic E-state index is 0.128. The largest absolute Gasteiger partial charge is 0.365 e. The molecule has 1 heterocycles. The summed E-state index contributed by atoms with van der Waals surface area (Å²) >= 11 is 0. The molecule has 0 aromatic rings. The monoisotopic (exact) mass is 302 g/mol. The Morgan fingerprint density at radius 3 is 2.55 bits per heavy atom. The Bertz CT molecular complexity index is 508. The highest BCUT2D eigenvalue weighted by Crippen LogP contribution is 2.29. The number of allylic oxidation sites excluding steroid dienone is 3. The molecule has 0 aromatic heterocycles. The maximum absolute atomic E-state index is 12.2. The van der Waals surface area contributed by atoms with Gasteiger partial charge in [-0.2, -0.15) is 0 Å². The van der Waals surface area contributed by atoms with Crippen LogP contribution in [0.25, 0.3) is 0 Å². The van der Waals surface area contributed by atoms with Crippen molar-refractivity contribution in [3.63, 3.8) is 0 Å². The van der Waals surface area contributed by atoms with Gasteiger partial charge in [0.1, 0.15) is 5.78 Å². The summed E-state index contributed by atoms with van der Waals surface area (Å²) < 4.78 is 5.93. The maximum Gasteiger partial charge on any atom is 0.136 e. The topological polar surface area (TPSA) is 26.3 Å². The van der Waals surface area contributed by atoms with E-state index in [4.69, 9.17) is 4.74 Å². The van der Waals surface area contributed by atoms with E-state index in [0.29, 0.717) is 12.2 Å². The fraction of sp³-hybridized carbons (Fsp3) is 0.650. The van der Waals surface area contributed by atoms with Gasteiger partial charge in [0.15, 0.2) is 0 Å². The van der Waals surface area contributed by atoms with E-state index >= 15 is 0 Å². The SMILES string of the molecule is CC1=C2CC/C(C)=C/CC[C@@H](C)C(=O)CC/C(C)=C/[C@H]2OC1. The van der Waals surface area contributed by atoms with Gasteiger partial charge in [0.25, 0.3) is 0 Å². The average Bonchev–Trinajstić information content (AvgIpc) is 2.82. The first-order valence-electron chi connectivity index (χ1n) is 8.63. The second-order valence-electron chi connectivity index (χ2n) is 7.05. The molecule has 0 radical (unpaired) electrons. The van der Waals surface area contributed by atoms with Crippen molar-refractivity contribution in [1.82, 2.24) is 0 Å². The quantitative estimate of drug-likeness (QED) is 0.578. The van der Waals surface area contributed by atoms with Crippen LogP contribution in [-0.2, 0) is 9.53 Å². The Kier molecular flexibility index (Phi) is 6.19. The van der Waals surface area contributed by atoms with Crippen LogP contribution in [0.5, 0.6) is 0 Å². The second kappa shape index (κ2) is 7.92. The molecule has 2 heteroatoms. The van der Waals surface area contributed by atoms with Crippen molar-refractivity contribution >= 4 is 5.78 Å². The predicted octanol–water partition coefficient (Wildman–Crippen LogP) is 5.15. The van der Waals surface area contributed by atoms with Crippen molar-refractivity contribution in [1.29, 1.82) is 0 Å². The molecule has 0 unspecified atom stereocenters. The zero-order valence-corrected chi connectivity index (χ0v) is 14.6. The molecule has 0 aromatic carbocycles. The third kappa shape index (κ3) is 4.67. The van der Waals surface area contributed by atoms with Crippen molar-refractivity contribution in [2.75, 3.05) is 6.61 Å². The summed E-state index contributed by atoms with van der Waals surface area (Å²) in [7, 11) is 0. The van der Waals surface area contributed by atoms with Crippen LogP contribution in [0.2, 0.25) is 0 Å². The van der Waals surface area contributed by atoms with Crippen LogP contribution in [0.3, 0.4) is 0 Å². The van der Waals surface area contributed by atoms with E-state index < -0.39 is 0 Å². The molecule has 122 valence electrons. The van der Waals surface area contributed by atoms with Gasteiger partial charge in [0.2, 0.25) is 0 Å². The third-order valence-electron chi connectivity index (χ3n) is 5.00. The van der Waals surface area contributed by atoms with Gasteiger partial charge < -0.3 is 4.74 Å². The van der Waals surface area contributed by atoms with E-state index in [-0.39, 0.29) is 12.0 Å². The van der Waals surface area contributed by atoms with Crippen molar-refractivity contribution in [2.45, 2.75) is 72.3 Å². The lowest BCUT2D eigenvalue weighted by Crippen LogP contribution is -2.12. The Labute approximate surface area is 135 Å². The van der Waals surface area contributed by atoms with Crippen LogP contribution >= 0.6 is 0 Å². The number of fused-ring (bicyclic) bond motifs is 1. The molecule has 0 N–H and O–H groups in total. The van der Waals surface area contributed by atoms with Crippen LogP contribution < -0.4 is 0 Å². The molecule has 0 amide bonds. The lowest BCUT2D eigenvalue weighted by atomic mass is 9.92. The van der Waals surface area contributed by atoms with E-state index in [2.05, 4.69) is 39.8 Å². The third-order valence-corrected chi connectivity index (χ3v) is 5.00. The normalized spacial score (nSPS) is 33.5. The van der Waals surface area contributed by atoms with E-state index in [1.165, 1.54) is 22.3 Å². The molecule has 0 saturated heterocycles. The van der Waals surface area contributed by atoms with Crippen molar-refractivity contribution in [3.8, 4) is 0 Å². The van der Waals surface area contributed by atoms with Crippen LogP contribution in [-0.4, -0.2) is 18.5 Å². The lowest BCUT2D eigenvalue weighted by molar-refractivity contribution is -0.122. The Morgan fingerprint density at radius 1 is 1.05 bits per heavy atom. The zero-order valence-electron chi connectivity index (χ0n) is 14.6. The number of hydrogen-bond acceptors (Lipinski definition) is 2. The molecule has 22 heavy (non-hydrogen) atoms. The van der Waals surface area contributed by atoms with Crippen LogP contribution in [0.1, 0.15) is 66.2 Å². The predicted molar refractivity (Wildman–Crippen MR) is 91.8 cm³/mol. The first-order chi connectivity index (χ1) is 10.5. The Morgan fingerprint density at radius 2 is 1.77 bits per heavy atom. The first kappa shape index (κ1) is 17.2. The fourth-order valence-electron chi connectivity index (χ4n) is 3.24. The molecule has 0 spiro atoms. The molecule has 0 fully saturated rings. The Hall–Kier alpha value is -1.15. The highest BCUT2D eigenvalue weighted by Gasteiger charge is 2.22. The molecule has 2 atom stereocenters. The highest BCUT2D eigenvalue weighted by molar-refractivity contribution is 5.80. The number of carbonyl (C=O) groups excluding carboxylic acids is 1. The summed E-state index contributed by atoms with van der Waals surface area (Å²) in [5, 5.41) is 0. The Balaban J connectivity index is 2.17. The van der Waals surface area contributed by atoms with Crippen LogP contribution in [0, 0.1) is 5.92 Å². The van der Waals surface area contributed by atoms with Gasteiger partial charge in [-0.05, 0) is 64.0 Å². The minimum Gasteiger partial charge on any atom is -0.365 e. The van der Waals surface area contributed by atoms with E-state index in [1.807, 2.05) is 0 Å². The molecule has 2 aliphatic rings. The van der Waals surface area contributed by atoms with Gasteiger partial charge in [-0.15, -0.1) is 0 Å². The molecule has 1 aliphatic carbocycles. The molecule has 2 rings (SSSR count). The molecular weight excluding hydrogens is 272 g/mol. The number of Topliss-reactive ketones (excluding diaryl/α,β-unsaturated/α-hetero) is 1. The van der Waals surface area contributed by atoms with Gasteiger partial charge >= 0.3 is 0 Å². The van der Waals surface area contributed by atoms with E-state index in [1.54, 1.807) is 0 Å². The number of carbonyl (C=O) groups is 1. The molecular formula is C20H30O2. The van der Waals surface area contributed by atoms with Crippen LogP contribution in [0.4, 0.5) is 0 Å². The van der Waals surface area contributed by atoms with Crippen LogP contribution in [0.15, 0.2) is 34.4 Å². The maximum atomic E-state index is 12.2. The summed E-state index contributed by atoms with van der Waals surface area (Å²) in [4.78, 5) is 12.2. The van der Waals surface area contributed by atoms with Gasteiger partial charge in [-0.25, -0.2) is 0 Å². The number of rotatable bonds is 0. The molecule has 1 aliphatic heterocycles. The lowest BCUT2D eigenvalue weighted by Gasteiger charge is -2.15. The standard InChI is InChI=1S/C20H30O2/c1-14-6-5-7-16(3)19(21)11-9-15(2)12-20-18(10-8-14)17(4)13-22-20/h6,12,16,20H,5,7-11,13H2,1-4H3/b14-6+,15-12+/t16-,20-/m1/s1. The number of ketones is 1. The van der Waals surface area contributed by atoms with Crippen molar-refractivity contribution in [2.24, 2.45) is 5.92 Å². The first-order valence-corrected chi connectivity index (χ1v) is 8.63. The molecule has 0 bridgehead atoms. The van der Waals surface area contributed by atoms with Gasteiger partial charge in [0, 0.05) is 12.3 Å². The van der Waals surface area contributed by atoms with E-state index in [0.717, 1.165) is 38.7 Å². The fourth-order valence-corrected chi connectivity index (χ4v) is 3.24. The molecule has 2 nitrogen and oxygen atoms in total. The number of hydrogen-bond donors (Lipinski definition) is 0. The van der Waals surface area contributed by atoms with Gasteiger partial charge in [-0.3, -0.25) is 4.79 Å². The summed E-state index contributed by atoms with van der Waals surface area (Å²) in [6, 6.07) is 0.